The molecule has 9 heteroatoms. The van der Waals surface area contributed by atoms with Crippen molar-refractivity contribution in [2.24, 2.45) is 0 Å². The Kier molecular flexibility index (Phi) is 4.18. The lowest BCUT2D eigenvalue weighted by molar-refractivity contribution is -0.394. The predicted octanol–water partition coefficient (Wildman–Crippen LogP) is 3.29. The maximum Gasteiger partial charge on any atom is 0.301 e. The van der Waals surface area contributed by atoms with E-state index >= 15 is 0 Å². The largest absolute Gasteiger partial charge is 0.301 e. The Morgan fingerprint density at radius 3 is 2.52 bits per heavy atom. The van der Waals surface area contributed by atoms with Crippen molar-refractivity contribution in [1.82, 2.24) is 9.78 Å². The summed E-state index contributed by atoms with van der Waals surface area (Å²) in [5.41, 5.74) is 0.0212. The van der Waals surface area contributed by atoms with Crippen molar-refractivity contribution in [2.75, 3.05) is 0 Å². The lowest BCUT2D eigenvalue weighted by atomic mass is 10.2. The zero-order valence-corrected chi connectivity index (χ0v) is 11.8. The Hall–Kier alpha value is -2.48. The number of halogens is 1. The Morgan fingerprint density at radius 2 is 1.95 bits per heavy atom. The molecule has 0 amide bonds. The molecular formula is C12H11ClN4O4. The fourth-order valence-corrected chi connectivity index (χ4v) is 2.16. The zero-order valence-electron chi connectivity index (χ0n) is 11.0. The third-order valence-electron chi connectivity index (χ3n) is 2.82. The highest BCUT2D eigenvalue weighted by Gasteiger charge is 2.22. The van der Waals surface area contributed by atoms with Crippen LogP contribution in [-0.4, -0.2) is 19.6 Å². The van der Waals surface area contributed by atoms with Crippen molar-refractivity contribution in [2.45, 2.75) is 19.8 Å². The summed E-state index contributed by atoms with van der Waals surface area (Å²) in [6.45, 7) is 1.97. The molecule has 8 nitrogen and oxygen atoms in total. The highest BCUT2D eigenvalue weighted by molar-refractivity contribution is 6.29. The second kappa shape index (κ2) is 5.88. The molecule has 0 saturated heterocycles. The van der Waals surface area contributed by atoms with E-state index in [2.05, 4.69) is 5.10 Å². The molecule has 1 aromatic heterocycles. The SMILES string of the molecule is CCCc1cc(Cl)n(-c2ccc([N+](=O)[O-])cc2[N+](=O)[O-])n1. The number of nitro groups is 2. The topological polar surface area (TPSA) is 104 Å². The number of aromatic nitrogens is 2. The van der Waals surface area contributed by atoms with Crippen LogP contribution in [0.4, 0.5) is 11.4 Å². The average molecular weight is 311 g/mol. The lowest BCUT2D eigenvalue weighted by Gasteiger charge is -2.04. The van der Waals surface area contributed by atoms with Crippen LogP contribution < -0.4 is 0 Å². The second-order valence-electron chi connectivity index (χ2n) is 4.31. The third-order valence-corrected chi connectivity index (χ3v) is 3.09. The molecule has 0 aliphatic rings. The molecule has 0 aliphatic heterocycles. The number of benzene rings is 1. The fourth-order valence-electron chi connectivity index (χ4n) is 1.90. The van der Waals surface area contributed by atoms with Crippen molar-refractivity contribution in [3.8, 4) is 5.69 Å². The number of hydrogen-bond acceptors (Lipinski definition) is 5. The molecule has 0 saturated carbocycles. The van der Waals surface area contributed by atoms with E-state index in [0.29, 0.717) is 12.1 Å². The molecule has 0 radical (unpaired) electrons. The van der Waals surface area contributed by atoms with Crippen LogP contribution >= 0.6 is 11.6 Å². The van der Waals surface area contributed by atoms with E-state index in [1.807, 2.05) is 6.92 Å². The van der Waals surface area contributed by atoms with E-state index in [9.17, 15) is 20.2 Å². The molecule has 0 N–H and O–H groups in total. The van der Waals surface area contributed by atoms with E-state index < -0.39 is 15.5 Å². The number of aryl methyl sites for hydroxylation is 1. The number of rotatable bonds is 5. The maximum absolute atomic E-state index is 11.1. The first-order valence-corrected chi connectivity index (χ1v) is 6.49. The molecule has 21 heavy (non-hydrogen) atoms. The van der Waals surface area contributed by atoms with E-state index in [0.717, 1.165) is 12.5 Å². The van der Waals surface area contributed by atoms with Gasteiger partial charge in [0.2, 0.25) is 0 Å². The molecule has 0 atom stereocenters. The monoisotopic (exact) mass is 310 g/mol. The average Bonchev–Trinajstić information content (AvgIpc) is 2.79. The molecule has 0 fully saturated rings. The van der Waals surface area contributed by atoms with Gasteiger partial charge < -0.3 is 0 Å². The minimum atomic E-state index is -0.695. The van der Waals surface area contributed by atoms with Gasteiger partial charge >= 0.3 is 5.69 Å². The van der Waals surface area contributed by atoms with Gasteiger partial charge in [-0.3, -0.25) is 20.2 Å². The van der Waals surface area contributed by atoms with Gasteiger partial charge in [-0.05, 0) is 18.6 Å². The minimum Gasteiger partial charge on any atom is -0.258 e. The van der Waals surface area contributed by atoms with Crippen molar-refractivity contribution in [3.05, 3.63) is 55.3 Å². The zero-order chi connectivity index (χ0) is 15.6. The molecule has 1 heterocycles. The van der Waals surface area contributed by atoms with Crippen LogP contribution in [0.25, 0.3) is 5.69 Å². The Balaban J connectivity index is 2.57. The minimum absolute atomic E-state index is 0.0953. The molecule has 0 bridgehead atoms. The van der Waals surface area contributed by atoms with Gasteiger partial charge in [-0.15, -0.1) is 0 Å². The third kappa shape index (κ3) is 3.00. The standard InChI is InChI=1S/C12H11ClN4O4/c1-2-3-8-6-12(13)15(14-8)10-5-4-9(16(18)19)7-11(10)17(20)21/h4-7H,2-3H2,1H3. The van der Waals surface area contributed by atoms with Gasteiger partial charge in [-0.1, -0.05) is 24.9 Å². The first-order valence-electron chi connectivity index (χ1n) is 6.11. The Bertz CT molecular complexity index is 713. The summed E-state index contributed by atoms with van der Waals surface area (Å²) < 4.78 is 1.22. The van der Waals surface area contributed by atoms with E-state index in [1.165, 1.54) is 16.8 Å². The van der Waals surface area contributed by atoms with Crippen LogP contribution in [0.15, 0.2) is 24.3 Å². The summed E-state index contributed by atoms with van der Waals surface area (Å²) in [5, 5.41) is 26.2. The summed E-state index contributed by atoms with van der Waals surface area (Å²) in [6, 6.07) is 4.97. The van der Waals surface area contributed by atoms with Crippen LogP contribution in [0.3, 0.4) is 0 Å². The van der Waals surface area contributed by atoms with Gasteiger partial charge in [-0.25, -0.2) is 4.68 Å². The lowest BCUT2D eigenvalue weighted by Crippen LogP contribution is -2.03. The smallest absolute Gasteiger partial charge is 0.258 e. The molecule has 0 aliphatic carbocycles. The van der Waals surface area contributed by atoms with Gasteiger partial charge in [0.1, 0.15) is 10.8 Å². The van der Waals surface area contributed by atoms with Crippen LogP contribution in [0.5, 0.6) is 0 Å². The van der Waals surface area contributed by atoms with Crippen molar-refractivity contribution in [1.29, 1.82) is 0 Å². The summed E-state index contributed by atoms with van der Waals surface area (Å²) in [5.74, 6) is 0. The van der Waals surface area contributed by atoms with Gasteiger partial charge in [0.05, 0.1) is 21.6 Å². The highest BCUT2D eigenvalue weighted by atomic mass is 35.5. The van der Waals surface area contributed by atoms with Crippen LogP contribution in [0.2, 0.25) is 5.15 Å². The molecule has 0 unspecified atom stereocenters. The van der Waals surface area contributed by atoms with Gasteiger partial charge in [0.15, 0.2) is 0 Å². The first kappa shape index (κ1) is 14.9. The summed E-state index contributed by atoms with van der Waals surface area (Å²) in [7, 11) is 0. The van der Waals surface area contributed by atoms with Gasteiger partial charge in [0.25, 0.3) is 5.69 Å². The summed E-state index contributed by atoms with van der Waals surface area (Å²) in [4.78, 5) is 20.4. The molecule has 2 rings (SSSR count). The van der Waals surface area contributed by atoms with E-state index in [-0.39, 0.29) is 16.5 Å². The first-order chi connectivity index (χ1) is 9.93. The Morgan fingerprint density at radius 1 is 1.24 bits per heavy atom. The van der Waals surface area contributed by atoms with Crippen molar-refractivity contribution in [3.63, 3.8) is 0 Å². The second-order valence-corrected chi connectivity index (χ2v) is 4.69. The van der Waals surface area contributed by atoms with Crippen LogP contribution in [0, 0.1) is 20.2 Å². The normalized spacial score (nSPS) is 10.6. The van der Waals surface area contributed by atoms with Crippen molar-refractivity contribution < 1.29 is 9.85 Å². The van der Waals surface area contributed by atoms with Crippen LogP contribution in [-0.2, 0) is 6.42 Å². The molecular weight excluding hydrogens is 300 g/mol. The predicted molar refractivity (Wildman–Crippen MR) is 75.9 cm³/mol. The molecule has 110 valence electrons. The molecule has 1 aromatic carbocycles. The van der Waals surface area contributed by atoms with E-state index in [4.69, 9.17) is 11.6 Å². The number of nitro benzene ring substituents is 2. The van der Waals surface area contributed by atoms with Gasteiger partial charge in [-0.2, -0.15) is 5.10 Å². The molecule has 0 spiro atoms. The number of hydrogen-bond donors (Lipinski definition) is 0. The van der Waals surface area contributed by atoms with Crippen LogP contribution in [0.1, 0.15) is 19.0 Å². The maximum atomic E-state index is 11.1. The van der Waals surface area contributed by atoms with Crippen molar-refractivity contribution >= 4 is 23.0 Å². The van der Waals surface area contributed by atoms with Gasteiger partial charge in [0, 0.05) is 6.07 Å². The number of non-ortho nitro benzene ring substituents is 1. The fraction of sp³-hybridized carbons (Fsp3) is 0.250. The number of nitrogens with zero attached hydrogens (tertiary/aromatic N) is 4. The quantitative estimate of drug-likeness (QED) is 0.622. The Labute approximate surface area is 124 Å². The highest BCUT2D eigenvalue weighted by Crippen LogP contribution is 2.30. The summed E-state index contributed by atoms with van der Waals surface area (Å²) in [6.07, 6.45) is 1.54. The molecule has 2 aromatic rings. The van der Waals surface area contributed by atoms with E-state index in [1.54, 1.807) is 6.07 Å². The summed E-state index contributed by atoms with van der Waals surface area (Å²) >= 11 is 6.04.